The van der Waals surface area contributed by atoms with E-state index in [0.29, 0.717) is 86.9 Å². The van der Waals surface area contributed by atoms with Crippen LogP contribution in [0.15, 0.2) is 42.5 Å². The van der Waals surface area contributed by atoms with Gasteiger partial charge in [-0.3, -0.25) is 14.5 Å². The molecule has 0 radical (unpaired) electrons. The Labute approximate surface area is 217 Å². The number of likely N-dealkylation sites (tertiary alicyclic amines) is 1. The number of carbonyl (C=O) groups excluding carboxylic acids is 2. The molecular weight excluding hydrogens is 476 g/mol. The summed E-state index contributed by atoms with van der Waals surface area (Å²) in [6, 6.07) is 11.7. The Morgan fingerprint density at radius 1 is 1.08 bits per heavy atom. The number of aliphatic hydroxyl groups is 2. The van der Waals surface area contributed by atoms with Crippen molar-refractivity contribution in [2.24, 2.45) is 0 Å². The fraction of sp³-hybridized carbons (Fsp3) is 0.500. The molecule has 0 aromatic heterocycles. The SMILES string of the molecule is COc1ccc(C(=O)CCCCC(=O)N[C@H](CN2CC[C@H](O)C2)[C@H](O)c2ccc3c(c2)OCCO3)cc1. The van der Waals surface area contributed by atoms with Gasteiger partial charge in [0.25, 0.3) is 0 Å². The minimum atomic E-state index is -0.964. The van der Waals surface area contributed by atoms with Crippen LogP contribution in [0.4, 0.5) is 0 Å². The lowest BCUT2D eigenvalue weighted by Gasteiger charge is -2.29. The molecule has 2 aliphatic heterocycles. The van der Waals surface area contributed by atoms with Crippen molar-refractivity contribution in [3.63, 3.8) is 0 Å². The second-order valence-electron chi connectivity index (χ2n) is 9.58. The van der Waals surface area contributed by atoms with Crippen molar-refractivity contribution in [3.05, 3.63) is 53.6 Å². The Bertz CT molecular complexity index is 1060. The number of aliphatic hydroxyl groups excluding tert-OH is 2. The summed E-state index contributed by atoms with van der Waals surface area (Å²) in [5, 5.41) is 24.1. The van der Waals surface area contributed by atoms with Gasteiger partial charge >= 0.3 is 0 Å². The topological polar surface area (TPSA) is 118 Å². The molecule has 2 aromatic rings. The summed E-state index contributed by atoms with van der Waals surface area (Å²) in [4.78, 5) is 27.3. The molecule has 1 saturated heterocycles. The highest BCUT2D eigenvalue weighted by atomic mass is 16.6. The maximum absolute atomic E-state index is 12.8. The molecule has 3 atom stereocenters. The fourth-order valence-electron chi connectivity index (χ4n) is 4.73. The van der Waals surface area contributed by atoms with Crippen LogP contribution >= 0.6 is 0 Å². The number of Topliss-reactive ketones (excluding diaryl/α,β-unsaturated/α-hetero) is 1. The van der Waals surface area contributed by atoms with Crippen molar-refractivity contribution in [2.45, 2.75) is 50.4 Å². The molecule has 2 aromatic carbocycles. The molecular formula is C28H36N2O7. The Kier molecular flexibility index (Phi) is 9.38. The molecule has 1 fully saturated rings. The molecule has 1 amide bonds. The third-order valence-electron chi connectivity index (χ3n) is 6.81. The number of hydrogen-bond donors (Lipinski definition) is 3. The zero-order valence-corrected chi connectivity index (χ0v) is 21.2. The molecule has 4 rings (SSSR count). The standard InChI is InChI=1S/C28H36N2O7/c1-35-22-9-6-19(7-10-22)24(32)4-2-3-5-27(33)29-23(18-30-13-12-21(31)17-30)28(34)20-8-11-25-26(16-20)37-15-14-36-25/h6-11,16,21,23,28,31,34H,2-5,12-15,17-18H2,1H3,(H,29,33)/t21-,23+,28+/m0/s1. The van der Waals surface area contributed by atoms with Crippen LogP contribution in [-0.4, -0.2) is 78.9 Å². The minimum absolute atomic E-state index is 0.0301. The van der Waals surface area contributed by atoms with Crippen LogP contribution in [0, 0.1) is 0 Å². The third kappa shape index (κ3) is 7.44. The molecule has 0 bridgehead atoms. The number of carbonyl (C=O) groups is 2. The monoisotopic (exact) mass is 512 g/mol. The second-order valence-corrected chi connectivity index (χ2v) is 9.58. The van der Waals surface area contributed by atoms with Crippen molar-refractivity contribution in [2.75, 3.05) is 40.0 Å². The molecule has 0 aliphatic carbocycles. The zero-order valence-electron chi connectivity index (χ0n) is 21.2. The first-order valence-corrected chi connectivity index (χ1v) is 12.9. The molecule has 0 spiro atoms. The highest BCUT2D eigenvalue weighted by molar-refractivity contribution is 5.96. The predicted molar refractivity (Wildman–Crippen MR) is 137 cm³/mol. The maximum atomic E-state index is 12.8. The van der Waals surface area contributed by atoms with Crippen LogP contribution in [0.2, 0.25) is 0 Å². The van der Waals surface area contributed by atoms with E-state index in [0.717, 1.165) is 0 Å². The molecule has 0 unspecified atom stereocenters. The van der Waals surface area contributed by atoms with Gasteiger partial charge in [-0.2, -0.15) is 0 Å². The summed E-state index contributed by atoms with van der Waals surface area (Å²) < 4.78 is 16.3. The summed E-state index contributed by atoms with van der Waals surface area (Å²) in [6.07, 6.45) is 1.07. The van der Waals surface area contributed by atoms with Gasteiger partial charge in [-0.05, 0) is 61.2 Å². The Morgan fingerprint density at radius 3 is 2.51 bits per heavy atom. The van der Waals surface area contributed by atoms with Gasteiger partial charge in [-0.15, -0.1) is 0 Å². The van der Waals surface area contributed by atoms with Gasteiger partial charge in [0.2, 0.25) is 5.91 Å². The van der Waals surface area contributed by atoms with Crippen LogP contribution in [-0.2, 0) is 4.79 Å². The second kappa shape index (κ2) is 12.9. The number of unbranched alkanes of at least 4 members (excludes halogenated alkanes) is 1. The van der Waals surface area contributed by atoms with Crippen LogP contribution < -0.4 is 19.5 Å². The first kappa shape index (κ1) is 26.9. The molecule has 9 nitrogen and oxygen atoms in total. The largest absolute Gasteiger partial charge is 0.497 e. The van der Waals surface area contributed by atoms with Crippen molar-refractivity contribution >= 4 is 11.7 Å². The number of ketones is 1. The van der Waals surface area contributed by atoms with E-state index in [-0.39, 0.29) is 18.1 Å². The van der Waals surface area contributed by atoms with E-state index in [1.807, 2.05) is 4.90 Å². The number of β-amino-alcohol motifs (C(OH)–C–C–N with tert-alkyl or cyclic N) is 1. The number of methoxy groups -OCH3 is 1. The van der Waals surface area contributed by atoms with Crippen LogP contribution in [0.1, 0.15) is 54.1 Å². The van der Waals surface area contributed by atoms with Crippen molar-refractivity contribution in [1.29, 1.82) is 0 Å². The minimum Gasteiger partial charge on any atom is -0.497 e. The van der Waals surface area contributed by atoms with Crippen molar-refractivity contribution < 1.29 is 34.0 Å². The van der Waals surface area contributed by atoms with Gasteiger partial charge in [0.05, 0.1) is 19.3 Å². The zero-order chi connectivity index (χ0) is 26.2. The van der Waals surface area contributed by atoms with E-state index in [9.17, 15) is 19.8 Å². The number of fused-ring (bicyclic) bond motifs is 1. The summed E-state index contributed by atoms with van der Waals surface area (Å²) in [6.45, 7) is 2.55. The molecule has 3 N–H and O–H groups in total. The number of nitrogens with one attached hydrogen (secondary N) is 1. The average molecular weight is 513 g/mol. The fourth-order valence-corrected chi connectivity index (χ4v) is 4.73. The number of ether oxygens (including phenoxy) is 3. The molecule has 9 heteroatoms. The highest BCUT2D eigenvalue weighted by Crippen LogP contribution is 2.33. The maximum Gasteiger partial charge on any atom is 0.220 e. The Morgan fingerprint density at radius 2 is 1.81 bits per heavy atom. The lowest BCUT2D eigenvalue weighted by atomic mass is 10.00. The van der Waals surface area contributed by atoms with Gasteiger partial charge in [0.1, 0.15) is 25.1 Å². The number of rotatable bonds is 12. The molecule has 0 saturated carbocycles. The first-order valence-electron chi connectivity index (χ1n) is 12.9. The summed E-state index contributed by atoms with van der Waals surface area (Å²) in [7, 11) is 1.58. The van der Waals surface area contributed by atoms with E-state index in [4.69, 9.17) is 14.2 Å². The van der Waals surface area contributed by atoms with Crippen molar-refractivity contribution in [1.82, 2.24) is 10.2 Å². The number of nitrogens with zero attached hydrogens (tertiary/aromatic N) is 1. The normalized spacial score (nSPS) is 18.7. The lowest BCUT2D eigenvalue weighted by Crippen LogP contribution is -2.47. The van der Waals surface area contributed by atoms with Crippen LogP contribution in [0.3, 0.4) is 0 Å². The number of hydrogen-bond acceptors (Lipinski definition) is 8. The third-order valence-corrected chi connectivity index (χ3v) is 6.81. The summed E-state index contributed by atoms with van der Waals surface area (Å²) in [5.41, 5.74) is 1.25. The molecule has 37 heavy (non-hydrogen) atoms. The molecule has 2 aliphatic rings. The first-order chi connectivity index (χ1) is 17.9. The quantitative estimate of drug-likeness (QED) is 0.293. The highest BCUT2D eigenvalue weighted by Gasteiger charge is 2.29. The lowest BCUT2D eigenvalue weighted by molar-refractivity contribution is -0.123. The van der Waals surface area contributed by atoms with E-state index < -0.39 is 18.2 Å². The van der Waals surface area contributed by atoms with Crippen LogP contribution in [0.25, 0.3) is 0 Å². The molecule has 2 heterocycles. The number of benzene rings is 2. The van der Waals surface area contributed by atoms with Crippen LogP contribution in [0.5, 0.6) is 17.2 Å². The Hall–Kier alpha value is -3.14. The van der Waals surface area contributed by atoms with E-state index in [1.165, 1.54) is 0 Å². The average Bonchev–Trinajstić information content (AvgIpc) is 3.34. The van der Waals surface area contributed by atoms with Gasteiger partial charge in [0.15, 0.2) is 17.3 Å². The van der Waals surface area contributed by atoms with Gasteiger partial charge in [-0.1, -0.05) is 6.07 Å². The van der Waals surface area contributed by atoms with E-state index >= 15 is 0 Å². The summed E-state index contributed by atoms with van der Waals surface area (Å²) >= 11 is 0. The van der Waals surface area contributed by atoms with E-state index in [1.54, 1.807) is 49.6 Å². The smallest absolute Gasteiger partial charge is 0.220 e. The number of amides is 1. The Balaban J connectivity index is 1.31. The molecule has 200 valence electrons. The van der Waals surface area contributed by atoms with Gasteiger partial charge in [-0.25, -0.2) is 0 Å². The van der Waals surface area contributed by atoms with Gasteiger partial charge < -0.3 is 29.7 Å². The summed E-state index contributed by atoms with van der Waals surface area (Å²) in [5.74, 6) is 1.76. The van der Waals surface area contributed by atoms with Crippen molar-refractivity contribution in [3.8, 4) is 17.2 Å². The van der Waals surface area contributed by atoms with Gasteiger partial charge in [0, 0.05) is 38.0 Å². The van der Waals surface area contributed by atoms with E-state index in [2.05, 4.69) is 5.32 Å². The predicted octanol–water partition coefficient (Wildman–Crippen LogP) is 2.49.